The van der Waals surface area contributed by atoms with Crippen molar-refractivity contribution in [2.75, 3.05) is 26.2 Å². The lowest BCUT2D eigenvalue weighted by Gasteiger charge is -2.47. The van der Waals surface area contributed by atoms with E-state index in [9.17, 15) is 27.6 Å². The number of nitrogens with zero attached hydrogens (tertiary/aromatic N) is 3. The van der Waals surface area contributed by atoms with Gasteiger partial charge in [-0.15, -0.1) is 13.2 Å². The van der Waals surface area contributed by atoms with E-state index in [-0.39, 0.29) is 43.1 Å². The van der Waals surface area contributed by atoms with Crippen molar-refractivity contribution in [3.05, 3.63) is 29.8 Å². The lowest BCUT2D eigenvalue weighted by molar-refractivity contribution is -0.274. The second-order valence-electron chi connectivity index (χ2n) is 7.06. The fraction of sp³-hybridized carbons (Fsp3) is 0.500. The minimum absolute atomic E-state index is 0.0668. The monoisotopic (exact) mass is 397 g/mol. The van der Waals surface area contributed by atoms with Crippen LogP contribution in [0.25, 0.3) is 0 Å². The van der Waals surface area contributed by atoms with Gasteiger partial charge in [-0.2, -0.15) is 0 Å². The molecule has 7 nitrogen and oxygen atoms in total. The number of benzene rings is 1. The largest absolute Gasteiger partial charge is 0.573 e. The minimum Gasteiger partial charge on any atom is -0.406 e. The number of rotatable bonds is 2. The van der Waals surface area contributed by atoms with Crippen molar-refractivity contribution >= 4 is 17.7 Å². The molecule has 1 aromatic carbocycles. The Morgan fingerprint density at radius 1 is 0.964 bits per heavy atom. The van der Waals surface area contributed by atoms with Gasteiger partial charge in [0, 0.05) is 25.2 Å². The van der Waals surface area contributed by atoms with Crippen LogP contribution in [0.15, 0.2) is 24.3 Å². The van der Waals surface area contributed by atoms with Crippen LogP contribution in [0.5, 0.6) is 5.75 Å². The average molecular weight is 397 g/mol. The Morgan fingerprint density at radius 2 is 1.61 bits per heavy atom. The lowest BCUT2D eigenvalue weighted by atomic mass is 10.0. The Labute approximate surface area is 158 Å². The van der Waals surface area contributed by atoms with Crippen molar-refractivity contribution < 1.29 is 32.3 Å². The Balaban J connectivity index is 1.47. The summed E-state index contributed by atoms with van der Waals surface area (Å²) in [7, 11) is 0. The standard InChI is InChI=1S/C18H18F3N3O4/c19-18(20,21)28-12-5-3-11(4-6-12)15(25)22-8-9-24-14(10-22)17(27)23-7-1-2-13(23)16(24)26/h3-6,13-14H,1-2,7-10H2/t13-,14+/m0/s1. The van der Waals surface area contributed by atoms with Crippen LogP contribution in [0, 0.1) is 0 Å². The zero-order valence-corrected chi connectivity index (χ0v) is 14.8. The van der Waals surface area contributed by atoms with E-state index in [1.54, 1.807) is 9.80 Å². The molecule has 0 N–H and O–H groups in total. The average Bonchev–Trinajstić information content (AvgIpc) is 3.15. The third kappa shape index (κ3) is 3.27. The number of halogens is 3. The topological polar surface area (TPSA) is 70.2 Å². The van der Waals surface area contributed by atoms with E-state index in [0.29, 0.717) is 13.0 Å². The van der Waals surface area contributed by atoms with Crippen LogP contribution in [-0.4, -0.2) is 77.0 Å². The van der Waals surface area contributed by atoms with Gasteiger partial charge in [-0.25, -0.2) is 0 Å². The van der Waals surface area contributed by atoms with Crippen molar-refractivity contribution in [3.63, 3.8) is 0 Å². The Hall–Kier alpha value is -2.78. The maximum absolute atomic E-state index is 12.7. The fourth-order valence-electron chi connectivity index (χ4n) is 4.09. The van der Waals surface area contributed by atoms with Gasteiger partial charge >= 0.3 is 6.36 Å². The number of hydrogen-bond donors (Lipinski definition) is 0. The Morgan fingerprint density at radius 3 is 2.29 bits per heavy atom. The summed E-state index contributed by atoms with van der Waals surface area (Å²) in [5, 5.41) is 0. The molecule has 4 rings (SSSR count). The number of piperazine rings is 2. The van der Waals surface area contributed by atoms with E-state index < -0.39 is 24.1 Å². The molecule has 0 spiro atoms. The zero-order chi connectivity index (χ0) is 20.1. The van der Waals surface area contributed by atoms with Crippen LogP contribution in [0.2, 0.25) is 0 Å². The number of hydrogen-bond acceptors (Lipinski definition) is 4. The molecule has 0 aliphatic carbocycles. The van der Waals surface area contributed by atoms with Gasteiger partial charge < -0.3 is 19.4 Å². The lowest BCUT2D eigenvalue weighted by Crippen LogP contribution is -2.69. The van der Waals surface area contributed by atoms with Gasteiger partial charge in [-0.05, 0) is 37.1 Å². The van der Waals surface area contributed by atoms with Crippen molar-refractivity contribution in [1.29, 1.82) is 0 Å². The summed E-state index contributed by atoms with van der Waals surface area (Å²) in [6.07, 6.45) is -3.34. The first kappa shape index (κ1) is 18.6. The summed E-state index contributed by atoms with van der Waals surface area (Å²) in [5.74, 6) is -1.03. The summed E-state index contributed by atoms with van der Waals surface area (Å²) >= 11 is 0. The van der Waals surface area contributed by atoms with Crippen LogP contribution in [0.1, 0.15) is 23.2 Å². The summed E-state index contributed by atoms with van der Waals surface area (Å²) in [5.41, 5.74) is 0.191. The highest BCUT2D eigenvalue weighted by Gasteiger charge is 2.50. The van der Waals surface area contributed by atoms with E-state index in [1.807, 2.05) is 0 Å². The number of carbonyl (C=O) groups excluding carboxylic acids is 3. The molecule has 0 bridgehead atoms. The zero-order valence-electron chi connectivity index (χ0n) is 14.8. The molecule has 3 aliphatic rings. The van der Waals surface area contributed by atoms with Crippen molar-refractivity contribution in [3.8, 4) is 5.75 Å². The number of fused-ring (bicyclic) bond motifs is 2. The molecule has 3 heterocycles. The number of carbonyl (C=O) groups is 3. The van der Waals surface area contributed by atoms with Gasteiger partial charge in [0.15, 0.2) is 0 Å². The van der Waals surface area contributed by atoms with E-state index in [0.717, 1.165) is 18.6 Å². The maximum atomic E-state index is 12.7. The summed E-state index contributed by atoms with van der Waals surface area (Å²) in [6, 6.07) is 3.56. The summed E-state index contributed by atoms with van der Waals surface area (Å²) in [4.78, 5) is 42.7. The molecule has 0 aromatic heterocycles. The van der Waals surface area contributed by atoms with Crippen LogP contribution in [0.4, 0.5) is 13.2 Å². The first-order valence-electron chi connectivity index (χ1n) is 9.00. The third-order valence-corrected chi connectivity index (χ3v) is 5.39. The molecule has 3 aliphatic heterocycles. The molecule has 1 aromatic rings. The second kappa shape index (κ2) is 6.68. The SMILES string of the molecule is O=C(c1ccc(OC(F)(F)F)cc1)N1CCN2C(=O)[C@@H]3CCCN3C(=O)[C@H]2C1. The van der Waals surface area contributed by atoms with Crippen molar-refractivity contribution in [1.82, 2.24) is 14.7 Å². The smallest absolute Gasteiger partial charge is 0.406 e. The van der Waals surface area contributed by atoms with E-state index >= 15 is 0 Å². The highest BCUT2D eigenvalue weighted by molar-refractivity contribution is 5.99. The first-order chi connectivity index (χ1) is 13.2. The second-order valence-corrected chi connectivity index (χ2v) is 7.06. The minimum atomic E-state index is -4.80. The Bertz CT molecular complexity index is 811. The molecule has 28 heavy (non-hydrogen) atoms. The van der Waals surface area contributed by atoms with Gasteiger partial charge in [0.1, 0.15) is 17.8 Å². The molecule has 0 radical (unpaired) electrons. The predicted molar refractivity (Wildman–Crippen MR) is 89.3 cm³/mol. The molecule has 2 atom stereocenters. The van der Waals surface area contributed by atoms with Crippen molar-refractivity contribution in [2.45, 2.75) is 31.3 Å². The van der Waals surface area contributed by atoms with Gasteiger partial charge in [-0.1, -0.05) is 0 Å². The molecule has 150 valence electrons. The molecule has 3 amide bonds. The molecule has 0 unspecified atom stereocenters. The van der Waals surface area contributed by atoms with Crippen LogP contribution < -0.4 is 4.74 Å². The van der Waals surface area contributed by atoms with Gasteiger partial charge in [-0.3, -0.25) is 14.4 Å². The van der Waals surface area contributed by atoms with Gasteiger partial charge in [0.05, 0.1) is 6.54 Å². The maximum Gasteiger partial charge on any atom is 0.573 e. The van der Waals surface area contributed by atoms with Gasteiger partial charge in [0.2, 0.25) is 11.8 Å². The third-order valence-electron chi connectivity index (χ3n) is 5.39. The molecular weight excluding hydrogens is 379 g/mol. The van der Waals surface area contributed by atoms with Crippen LogP contribution in [0.3, 0.4) is 0 Å². The normalized spacial score (nSPS) is 24.9. The highest BCUT2D eigenvalue weighted by atomic mass is 19.4. The summed E-state index contributed by atoms with van der Waals surface area (Å²) < 4.78 is 40.5. The fourth-order valence-corrected chi connectivity index (χ4v) is 4.09. The van der Waals surface area contributed by atoms with Crippen LogP contribution in [-0.2, 0) is 9.59 Å². The molecular formula is C18H18F3N3O4. The van der Waals surface area contributed by atoms with E-state index in [4.69, 9.17) is 0 Å². The number of amides is 3. The van der Waals surface area contributed by atoms with Crippen molar-refractivity contribution in [2.24, 2.45) is 0 Å². The number of ether oxygens (including phenoxy) is 1. The molecule has 0 saturated carbocycles. The van der Waals surface area contributed by atoms with Crippen LogP contribution >= 0.6 is 0 Å². The molecule has 3 saturated heterocycles. The highest BCUT2D eigenvalue weighted by Crippen LogP contribution is 2.29. The van der Waals surface area contributed by atoms with E-state index in [1.165, 1.54) is 17.0 Å². The molecule has 10 heteroatoms. The van der Waals surface area contributed by atoms with Gasteiger partial charge in [0.25, 0.3) is 5.91 Å². The predicted octanol–water partition coefficient (Wildman–Crippen LogP) is 1.24. The molecule has 3 fully saturated rings. The Kier molecular flexibility index (Phi) is 4.43. The van der Waals surface area contributed by atoms with E-state index in [2.05, 4.69) is 4.74 Å². The quantitative estimate of drug-likeness (QED) is 0.753. The number of alkyl halides is 3. The summed E-state index contributed by atoms with van der Waals surface area (Å²) in [6.45, 7) is 1.16. The first-order valence-corrected chi connectivity index (χ1v) is 9.00.